The van der Waals surface area contributed by atoms with Crippen molar-refractivity contribution in [3.05, 3.63) is 29.3 Å². The maximum absolute atomic E-state index is 11.6. The maximum atomic E-state index is 11.6. The van der Waals surface area contributed by atoms with Gasteiger partial charge in [0.25, 0.3) is 0 Å². The minimum Gasteiger partial charge on any atom is -0.385 e. The van der Waals surface area contributed by atoms with Crippen molar-refractivity contribution in [3.8, 4) is 0 Å². The summed E-state index contributed by atoms with van der Waals surface area (Å²) in [6.45, 7) is 2.55. The number of benzene rings is 1. The van der Waals surface area contributed by atoms with Crippen LogP contribution in [0.1, 0.15) is 13.3 Å². The van der Waals surface area contributed by atoms with E-state index in [1.807, 2.05) is 6.92 Å². The fourth-order valence-corrected chi connectivity index (χ4v) is 1.51. The van der Waals surface area contributed by atoms with E-state index in [1.165, 1.54) is 0 Å². The number of carbonyl (C=O) groups excluding carboxylic acids is 1. The SMILES string of the molecule is COCCC(C)NC(=O)Nc1cccc(Cl)c1. The van der Waals surface area contributed by atoms with E-state index in [9.17, 15) is 4.79 Å². The molecule has 0 fully saturated rings. The topological polar surface area (TPSA) is 50.4 Å². The fourth-order valence-electron chi connectivity index (χ4n) is 1.32. The van der Waals surface area contributed by atoms with Crippen LogP contribution in [0.15, 0.2) is 24.3 Å². The zero-order chi connectivity index (χ0) is 12.7. The average molecular weight is 257 g/mol. The zero-order valence-electron chi connectivity index (χ0n) is 10.00. The Balaban J connectivity index is 2.39. The largest absolute Gasteiger partial charge is 0.385 e. The second-order valence-electron chi connectivity index (χ2n) is 3.79. The third-order valence-corrected chi connectivity index (χ3v) is 2.45. The molecule has 0 spiro atoms. The van der Waals surface area contributed by atoms with Gasteiger partial charge in [-0.2, -0.15) is 0 Å². The zero-order valence-corrected chi connectivity index (χ0v) is 10.8. The molecule has 94 valence electrons. The molecule has 2 N–H and O–H groups in total. The first-order valence-corrected chi connectivity index (χ1v) is 5.81. The number of hydrogen-bond donors (Lipinski definition) is 2. The van der Waals surface area contributed by atoms with Crippen LogP contribution in [-0.4, -0.2) is 25.8 Å². The first-order valence-electron chi connectivity index (χ1n) is 5.44. The Morgan fingerprint density at radius 3 is 2.94 bits per heavy atom. The van der Waals surface area contributed by atoms with Crippen LogP contribution >= 0.6 is 11.6 Å². The van der Waals surface area contributed by atoms with Crippen molar-refractivity contribution in [2.75, 3.05) is 19.0 Å². The Kier molecular flexibility index (Phi) is 5.80. The molecule has 0 saturated carbocycles. The summed E-state index contributed by atoms with van der Waals surface area (Å²) < 4.78 is 4.94. The van der Waals surface area contributed by atoms with Gasteiger partial charge in [-0.15, -0.1) is 0 Å². The lowest BCUT2D eigenvalue weighted by Crippen LogP contribution is -2.36. The number of urea groups is 1. The molecule has 1 aromatic rings. The monoisotopic (exact) mass is 256 g/mol. The van der Waals surface area contributed by atoms with E-state index in [4.69, 9.17) is 16.3 Å². The van der Waals surface area contributed by atoms with Crippen LogP contribution in [0.25, 0.3) is 0 Å². The summed E-state index contributed by atoms with van der Waals surface area (Å²) in [6.07, 6.45) is 0.777. The molecular formula is C12H17ClN2O2. The summed E-state index contributed by atoms with van der Waals surface area (Å²) in [5, 5.41) is 6.12. The second kappa shape index (κ2) is 7.14. The first kappa shape index (κ1) is 13.8. The van der Waals surface area contributed by atoms with Crippen LogP contribution in [0.3, 0.4) is 0 Å². The minimum atomic E-state index is -0.240. The number of nitrogens with one attached hydrogen (secondary N) is 2. The number of halogens is 1. The van der Waals surface area contributed by atoms with Crippen LogP contribution in [0, 0.1) is 0 Å². The van der Waals surface area contributed by atoms with Gasteiger partial charge in [0.2, 0.25) is 0 Å². The minimum absolute atomic E-state index is 0.0640. The van der Waals surface area contributed by atoms with Crippen molar-refractivity contribution < 1.29 is 9.53 Å². The van der Waals surface area contributed by atoms with Gasteiger partial charge in [-0.1, -0.05) is 17.7 Å². The third-order valence-electron chi connectivity index (χ3n) is 2.21. The molecule has 0 saturated heterocycles. The van der Waals surface area contributed by atoms with Gasteiger partial charge in [0.1, 0.15) is 0 Å². The highest BCUT2D eigenvalue weighted by Crippen LogP contribution is 2.14. The quantitative estimate of drug-likeness (QED) is 0.851. The number of rotatable bonds is 5. The molecule has 0 aliphatic heterocycles. The molecule has 1 aromatic carbocycles. The smallest absolute Gasteiger partial charge is 0.319 e. The summed E-state index contributed by atoms with van der Waals surface area (Å²) in [6, 6.07) is 6.84. The molecule has 5 heteroatoms. The predicted molar refractivity (Wildman–Crippen MR) is 69.6 cm³/mol. The number of ether oxygens (including phenoxy) is 1. The molecule has 0 bridgehead atoms. The lowest BCUT2D eigenvalue weighted by atomic mass is 10.2. The molecule has 0 aliphatic rings. The van der Waals surface area contributed by atoms with Gasteiger partial charge in [0.05, 0.1) is 0 Å². The summed E-state index contributed by atoms with van der Waals surface area (Å²) in [7, 11) is 1.64. The summed E-state index contributed by atoms with van der Waals surface area (Å²) in [4.78, 5) is 11.6. The van der Waals surface area contributed by atoms with E-state index in [0.717, 1.165) is 6.42 Å². The standard InChI is InChI=1S/C12H17ClN2O2/c1-9(6-7-17-2)14-12(16)15-11-5-3-4-10(13)8-11/h3-5,8-9H,6-7H2,1-2H3,(H2,14,15,16). The predicted octanol–water partition coefficient (Wildman–Crippen LogP) is 2.89. The van der Waals surface area contributed by atoms with E-state index in [2.05, 4.69) is 10.6 Å². The van der Waals surface area contributed by atoms with Crippen molar-refractivity contribution in [3.63, 3.8) is 0 Å². The molecular weight excluding hydrogens is 240 g/mol. The Morgan fingerprint density at radius 2 is 2.29 bits per heavy atom. The normalized spacial score (nSPS) is 11.9. The van der Waals surface area contributed by atoms with Crippen molar-refractivity contribution >= 4 is 23.3 Å². The van der Waals surface area contributed by atoms with Gasteiger partial charge in [-0.25, -0.2) is 4.79 Å². The lowest BCUT2D eigenvalue weighted by Gasteiger charge is -2.14. The molecule has 1 atom stereocenters. The van der Waals surface area contributed by atoms with Gasteiger partial charge >= 0.3 is 6.03 Å². The Morgan fingerprint density at radius 1 is 1.53 bits per heavy atom. The van der Waals surface area contributed by atoms with E-state index < -0.39 is 0 Å². The Labute approximate surface area is 106 Å². The molecule has 0 radical (unpaired) electrons. The molecule has 1 unspecified atom stereocenters. The molecule has 4 nitrogen and oxygen atoms in total. The first-order chi connectivity index (χ1) is 8.11. The molecule has 0 aliphatic carbocycles. The summed E-state index contributed by atoms with van der Waals surface area (Å²) >= 11 is 5.81. The summed E-state index contributed by atoms with van der Waals surface area (Å²) in [5.41, 5.74) is 0.675. The van der Waals surface area contributed by atoms with Crippen molar-refractivity contribution in [2.45, 2.75) is 19.4 Å². The third kappa shape index (κ3) is 5.56. The number of carbonyl (C=O) groups is 1. The molecule has 1 rings (SSSR count). The van der Waals surface area contributed by atoms with Crippen LogP contribution in [-0.2, 0) is 4.74 Å². The van der Waals surface area contributed by atoms with Crippen LogP contribution < -0.4 is 10.6 Å². The average Bonchev–Trinajstić information content (AvgIpc) is 2.26. The number of methoxy groups -OCH3 is 1. The van der Waals surface area contributed by atoms with Crippen molar-refractivity contribution in [2.24, 2.45) is 0 Å². The molecule has 0 aromatic heterocycles. The second-order valence-corrected chi connectivity index (χ2v) is 4.23. The maximum Gasteiger partial charge on any atom is 0.319 e. The van der Waals surface area contributed by atoms with E-state index in [-0.39, 0.29) is 12.1 Å². The molecule has 17 heavy (non-hydrogen) atoms. The summed E-state index contributed by atoms with van der Waals surface area (Å²) in [5.74, 6) is 0. The van der Waals surface area contributed by atoms with Gasteiger partial charge in [-0.05, 0) is 31.5 Å². The van der Waals surface area contributed by atoms with Crippen LogP contribution in [0.2, 0.25) is 5.02 Å². The van der Waals surface area contributed by atoms with Gasteiger partial charge in [0, 0.05) is 30.5 Å². The highest BCUT2D eigenvalue weighted by Gasteiger charge is 2.06. The van der Waals surface area contributed by atoms with E-state index >= 15 is 0 Å². The van der Waals surface area contributed by atoms with Gasteiger partial charge in [0.15, 0.2) is 0 Å². The molecule has 2 amide bonds. The van der Waals surface area contributed by atoms with Gasteiger partial charge < -0.3 is 15.4 Å². The highest BCUT2D eigenvalue weighted by molar-refractivity contribution is 6.30. The van der Waals surface area contributed by atoms with E-state index in [1.54, 1.807) is 31.4 Å². The number of hydrogen-bond acceptors (Lipinski definition) is 2. The van der Waals surface area contributed by atoms with Gasteiger partial charge in [-0.3, -0.25) is 0 Å². The van der Waals surface area contributed by atoms with E-state index in [0.29, 0.717) is 17.3 Å². The van der Waals surface area contributed by atoms with Crippen LogP contribution in [0.5, 0.6) is 0 Å². The molecule has 0 heterocycles. The fraction of sp³-hybridized carbons (Fsp3) is 0.417. The van der Waals surface area contributed by atoms with Crippen molar-refractivity contribution in [1.29, 1.82) is 0 Å². The lowest BCUT2D eigenvalue weighted by molar-refractivity contribution is 0.185. The van der Waals surface area contributed by atoms with Crippen LogP contribution in [0.4, 0.5) is 10.5 Å². The number of anilines is 1. The van der Waals surface area contributed by atoms with Crippen molar-refractivity contribution in [1.82, 2.24) is 5.32 Å². The Hall–Kier alpha value is -1.26. The Bertz CT molecular complexity index is 371. The number of amides is 2. The highest BCUT2D eigenvalue weighted by atomic mass is 35.5.